The van der Waals surface area contributed by atoms with Gasteiger partial charge in [-0.3, -0.25) is 5.43 Å². The molecule has 0 aliphatic carbocycles. The van der Waals surface area contributed by atoms with Gasteiger partial charge in [0.15, 0.2) is 11.5 Å². The first kappa shape index (κ1) is 12.4. The molecule has 0 unspecified atom stereocenters. The smallest absolute Gasteiger partial charge is 0.203 e. The second-order valence-corrected chi connectivity index (χ2v) is 4.18. The van der Waals surface area contributed by atoms with Gasteiger partial charge < -0.3 is 9.47 Å². The van der Waals surface area contributed by atoms with Gasteiger partial charge in [-0.05, 0) is 12.1 Å². The van der Waals surface area contributed by atoms with Crippen molar-refractivity contribution in [2.45, 2.75) is 0 Å². The van der Waals surface area contributed by atoms with E-state index in [0.29, 0.717) is 11.5 Å². The molecule has 0 aliphatic heterocycles. The molecule has 0 radical (unpaired) electrons. The number of benzene rings is 1. The lowest BCUT2D eigenvalue weighted by Crippen LogP contribution is -1.96. The van der Waals surface area contributed by atoms with Gasteiger partial charge in [-0.15, -0.1) is 11.3 Å². The molecule has 5 nitrogen and oxygen atoms in total. The van der Waals surface area contributed by atoms with Gasteiger partial charge in [0.25, 0.3) is 0 Å². The fourth-order valence-corrected chi connectivity index (χ4v) is 1.93. The third kappa shape index (κ3) is 2.78. The van der Waals surface area contributed by atoms with Crippen LogP contribution in [0.25, 0.3) is 0 Å². The number of thiazole rings is 1. The van der Waals surface area contributed by atoms with Crippen LogP contribution in [-0.4, -0.2) is 25.4 Å². The molecule has 1 aromatic heterocycles. The standard InChI is InChI=1S/C12H13N3O2S/c1-16-10-5-3-4-9(11(10)17-2)8-14-15-12-13-6-7-18-12/h3-8H,1-2H3,(H,13,15)/b14-8+. The molecule has 1 aromatic carbocycles. The molecule has 0 amide bonds. The Morgan fingerprint density at radius 2 is 2.22 bits per heavy atom. The van der Waals surface area contributed by atoms with Gasteiger partial charge in [-0.2, -0.15) is 5.10 Å². The zero-order chi connectivity index (χ0) is 12.8. The Morgan fingerprint density at radius 1 is 1.33 bits per heavy atom. The number of methoxy groups -OCH3 is 2. The fourth-order valence-electron chi connectivity index (χ4n) is 1.45. The van der Waals surface area contributed by atoms with E-state index in [-0.39, 0.29) is 0 Å². The van der Waals surface area contributed by atoms with Crippen molar-refractivity contribution < 1.29 is 9.47 Å². The third-order valence-corrected chi connectivity index (χ3v) is 2.91. The highest BCUT2D eigenvalue weighted by molar-refractivity contribution is 7.13. The van der Waals surface area contributed by atoms with Gasteiger partial charge in [0.2, 0.25) is 5.13 Å². The number of hydrazone groups is 1. The Bertz CT molecular complexity index is 526. The van der Waals surface area contributed by atoms with Gasteiger partial charge in [0, 0.05) is 17.1 Å². The number of hydrogen-bond donors (Lipinski definition) is 1. The summed E-state index contributed by atoms with van der Waals surface area (Å²) >= 11 is 1.48. The van der Waals surface area contributed by atoms with Gasteiger partial charge >= 0.3 is 0 Å². The van der Waals surface area contributed by atoms with Crippen molar-refractivity contribution in [1.29, 1.82) is 0 Å². The quantitative estimate of drug-likeness (QED) is 0.665. The molecule has 2 rings (SSSR count). The first-order valence-electron chi connectivity index (χ1n) is 5.24. The van der Waals surface area contributed by atoms with Gasteiger partial charge in [-0.25, -0.2) is 4.98 Å². The van der Waals surface area contributed by atoms with Crippen molar-refractivity contribution in [1.82, 2.24) is 4.98 Å². The number of ether oxygens (including phenoxy) is 2. The zero-order valence-corrected chi connectivity index (χ0v) is 10.9. The van der Waals surface area contributed by atoms with Crippen molar-refractivity contribution in [2.24, 2.45) is 5.10 Å². The summed E-state index contributed by atoms with van der Waals surface area (Å²) in [5.74, 6) is 1.33. The lowest BCUT2D eigenvalue weighted by Gasteiger charge is -2.09. The Balaban J connectivity index is 2.15. The molecule has 18 heavy (non-hydrogen) atoms. The molecule has 0 aliphatic rings. The summed E-state index contributed by atoms with van der Waals surface area (Å²) in [6, 6.07) is 5.62. The molecule has 0 fully saturated rings. The molecule has 6 heteroatoms. The van der Waals surface area contributed by atoms with Gasteiger partial charge in [0.1, 0.15) is 0 Å². The molecule has 94 valence electrons. The minimum atomic E-state index is 0.657. The number of hydrogen-bond acceptors (Lipinski definition) is 6. The first-order chi connectivity index (χ1) is 8.85. The summed E-state index contributed by atoms with van der Waals surface area (Å²) in [4.78, 5) is 4.06. The molecular formula is C12H13N3O2S. The normalized spacial score (nSPS) is 10.6. The van der Waals surface area contributed by atoms with Crippen molar-refractivity contribution >= 4 is 22.7 Å². The molecule has 0 saturated carbocycles. The largest absolute Gasteiger partial charge is 0.493 e. The van der Waals surface area contributed by atoms with Gasteiger partial charge in [-0.1, -0.05) is 6.07 Å². The lowest BCUT2D eigenvalue weighted by molar-refractivity contribution is 0.354. The van der Waals surface area contributed by atoms with Crippen LogP contribution in [0.3, 0.4) is 0 Å². The summed E-state index contributed by atoms with van der Waals surface area (Å²) in [7, 11) is 3.20. The fraction of sp³-hybridized carbons (Fsp3) is 0.167. The van der Waals surface area contributed by atoms with E-state index in [0.717, 1.165) is 10.7 Å². The van der Waals surface area contributed by atoms with Crippen molar-refractivity contribution in [2.75, 3.05) is 19.6 Å². The minimum absolute atomic E-state index is 0.657. The SMILES string of the molecule is COc1cccc(/C=N/Nc2nccs2)c1OC. The number of rotatable bonds is 5. The molecule has 1 heterocycles. The van der Waals surface area contributed by atoms with Crippen LogP contribution in [0.15, 0.2) is 34.9 Å². The van der Waals surface area contributed by atoms with E-state index in [1.165, 1.54) is 11.3 Å². The average molecular weight is 263 g/mol. The van der Waals surface area contributed by atoms with Crippen LogP contribution in [0.4, 0.5) is 5.13 Å². The van der Waals surface area contributed by atoms with Crippen LogP contribution >= 0.6 is 11.3 Å². The Morgan fingerprint density at radius 3 is 2.89 bits per heavy atom. The highest BCUT2D eigenvalue weighted by Crippen LogP contribution is 2.29. The Hall–Kier alpha value is -2.08. The minimum Gasteiger partial charge on any atom is -0.493 e. The molecule has 2 aromatic rings. The third-order valence-electron chi connectivity index (χ3n) is 2.23. The van der Waals surface area contributed by atoms with Crippen LogP contribution in [0.5, 0.6) is 11.5 Å². The van der Waals surface area contributed by atoms with E-state index in [1.54, 1.807) is 26.6 Å². The molecular weight excluding hydrogens is 250 g/mol. The molecule has 1 N–H and O–H groups in total. The summed E-state index contributed by atoms with van der Waals surface area (Å²) in [6.07, 6.45) is 3.39. The number of para-hydroxylation sites is 1. The highest BCUT2D eigenvalue weighted by atomic mass is 32.1. The lowest BCUT2D eigenvalue weighted by atomic mass is 10.2. The predicted molar refractivity (Wildman–Crippen MR) is 72.9 cm³/mol. The number of aromatic nitrogens is 1. The van der Waals surface area contributed by atoms with Crippen molar-refractivity contribution in [3.05, 3.63) is 35.3 Å². The van der Waals surface area contributed by atoms with E-state index >= 15 is 0 Å². The second-order valence-electron chi connectivity index (χ2n) is 3.29. The summed E-state index contributed by atoms with van der Waals surface area (Å²) in [5, 5.41) is 6.73. The maximum absolute atomic E-state index is 5.30. The summed E-state index contributed by atoms with van der Waals surface area (Å²) in [6.45, 7) is 0. The second kappa shape index (κ2) is 6.02. The molecule has 0 atom stereocenters. The van der Waals surface area contributed by atoms with Crippen LogP contribution in [0, 0.1) is 0 Å². The van der Waals surface area contributed by atoms with E-state index in [4.69, 9.17) is 9.47 Å². The number of anilines is 1. The highest BCUT2D eigenvalue weighted by Gasteiger charge is 2.06. The Kier molecular flexibility index (Phi) is 4.14. The molecule has 0 spiro atoms. The Labute approximate surface area is 109 Å². The van der Waals surface area contributed by atoms with E-state index in [9.17, 15) is 0 Å². The predicted octanol–water partition coefficient (Wildman–Crippen LogP) is 2.61. The van der Waals surface area contributed by atoms with E-state index in [1.807, 2.05) is 23.6 Å². The maximum Gasteiger partial charge on any atom is 0.203 e. The number of nitrogens with one attached hydrogen (secondary N) is 1. The molecule has 0 bridgehead atoms. The van der Waals surface area contributed by atoms with Gasteiger partial charge in [0.05, 0.1) is 20.4 Å². The summed E-state index contributed by atoms with van der Waals surface area (Å²) < 4.78 is 10.5. The summed E-state index contributed by atoms with van der Waals surface area (Å²) in [5.41, 5.74) is 3.68. The van der Waals surface area contributed by atoms with E-state index in [2.05, 4.69) is 15.5 Å². The number of nitrogens with zero attached hydrogens (tertiary/aromatic N) is 2. The first-order valence-corrected chi connectivity index (χ1v) is 6.12. The zero-order valence-electron chi connectivity index (χ0n) is 10.1. The molecule has 0 saturated heterocycles. The maximum atomic E-state index is 5.30. The van der Waals surface area contributed by atoms with Crippen molar-refractivity contribution in [3.63, 3.8) is 0 Å². The van der Waals surface area contributed by atoms with Crippen LogP contribution in [0.2, 0.25) is 0 Å². The van der Waals surface area contributed by atoms with Crippen LogP contribution in [-0.2, 0) is 0 Å². The van der Waals surface area contributed by atoms with E-state index < -0.39 is 0 Å². The van der Waals surface area contributed by atoms with Crippen LogP contribution < -0.4 is 14.9 Å². The van der Waals surface area contributed by atoms with Crippen molar-refractivity contribution in [3.8, 4) is 11.5 Å². The van der Waals surface area contributed by atoms with Crippen LogP contribution in [0.1, 0.15) is 5.56 Å². The topological polar surface area (TPSA) is 55.7 Å². The average Bonchev–Trinajstić information content (AvgIpc) is 2.91. The monoisotopic (exact) mass is 263 g/mol.